The number of nitrogens with zero attached hydrogens (tertiary/aromatic N) is 2. The second-order valence-corrected chi connectivity index (χ2v) is 8.02. The van der Waals surface area contributed by atoms with E-state index in [4.69, 9.17) is 4.42 Å². The molecule has 34 heavy (non-hydrogen) atoms. The van der Waals surface area contributed by atoms with Gasteiger partial charge in [-0.25, -0.2) is 0 Å². The van der Waals surface area contributed by atoms with Gasteiger partial charge < -0.3 is 15.1 Å². The van der Waals surface area contributed by atoms with E-state index in [1.807, 2.05) is 73.7 Å². The maximum Gasteiger partial charge on any atom is 0.255 e. The van der Waals surface area contributed by atoms with Crippen LogP contribution in [-0.2, 0) is 17.8 Å². The molecule has 4 aromatic rings. The van der Waals surface area contributed by atoms with Crippen molar-refractivity contribution < 1.29 is 14.0 Å². The molecule has 4 rings (SSSR count). The summed E-state index contributed by atoms with van der Waals surface area (Å²) in [5.74, 6) is 0.771. The van der Waals surface area contributed by atoms with E-state index in [1.165, 1.54) is 0 Å². The van der Waals surface area contributed by atoms with E-state index in [2.05, 4.69) is 20.8 Å². The number of hydrogen-bond donors (Lipinski definition) is 2. The lowest BCUT2D eigenvalue weighted by Crippen LogP contribution is -2.22. The third kappa shape index (κ3) is 6.38. The second-order valence-electron chi connectivity index (χ2n) is 8.02. The van der Waals surface area contributed by atoms with E-state index in [-0.39, 0.29) is 11.8 Å². The third-order valence-electron chi connectivity index (χ3n) is 5.27. The predicted octanol–water partition coefficient (Wildman–Crippen LogP) is 4.94. The zero-order valence-corrected chi connectivity index (χ0v) is 19.0. The molecule has 1 aromatic heterocycles. The van der Waals surface area contributed by atoms with Gasteiger partial charge in [-0.3, -0.25) is 9.59 Å². The molecule has 7 nitrogen and oxygen atoms in total. The highest BCUT2D eigenvalue weighted by Crippen LogP contribution is 2.18. The van der Waals surface area contributed by atoms with Crippen LogP contribution in [0.5, 0.6) is 0 Å². The van der Waals surface area contributed by atoms with Crippen molar-refractivity contribution in [2.45, 2.75) is 32.7 Å². The van der Waals surface area contributed by atoms with Crippen LogP contribution in [0.25, 0.3) is 11.5 Å². The molecule has 0 fully saturated rings. The number of anilines is 1. The number of aryl methyl sites for hydroxylation is 2. The number of hydrogen-bond acceptors (Lipinski definition) is 5. The lowest BCUT2D eigenvalue weighted by atomic mass is 10.1. The summed E-state index contributed by atoms with van der Waals surface area (Å²) in [7, 11) is 0. The lowest BCUT2D eigenvalue weighted by molar-refractivity contribution is -0.121. The van der Waals surface area contributed by atoms with Crippen LogP contribution in [0.15, 0.2) is 83.3 Å². The van der Waals surface area contributed by atoms with Gasteiger partial charge >= 0.3 is 0 Å². The van der Waals surface area contributed by atoms with Crippen LogP contribution in [-0.4, -0.2) is 22.0 Å². The summed E-state index contributed by atoms with van der Waals surface area (Å²) in [4.78, 5) is 24.7. The van der Waals surface area contributed by atoms with Crippen molar-refractivity contribution >= 4 is 17.5 Å². The summed E-state index contributed by atoms with van der Waals surface area (Å²) in [6.07, 6.45) is 1.50. The Hall–Kier alpha value is -4.26. The zero-order chi connectivity index (χ0) is 23.8. The zero-order valence-electron chi connectivity index (χ0n) is 19.0. The molecule has 0 aliphatic rings. The smallest absolute Gasteiger partial charge is 0.255 e. The van der Waals surface area contributed by atoms with Crippen LogP contribution in [0.2, 0.25) is 0 Å². The van der Waals surface area contributed by atoms with Gasteiger partial charge in [-0.15, -0.1) is 10.2 Å². The van der Waals surface area contributed by atoms with Crippen molar-refractivity contribution in [3.8, 4) is 11.5 Å². The average Bonchev–Trinajstić information content (AvgIpc) is 3.33. The van der Waals surface area contributed by atoms with Crippen LogP contribution < -0.4 is 10.6 Å². The molecule has 172 valence electrons. The largest absolute Gasteiger partial charge is 0.421 e. The van der Waals surface area contributed by atoms with Crippen LogP contribution in [0.4, 0.5) is 5.69 Å². The van der Waals surface area contributed by atoms with Crippen molar-refractivity contribution in [1.82, 2.24) is 15.5 Å². The van der Waals surface area contributed by atoms with Gasteiger partial charge in [-0.2, -0.15) is 0 Å². The summed E-state index contributed by atoms with van der Waals surface area (Å²) in [5, 5.41) is 13.9. The first-order chi connectivity index (χ1) is 16.6. The Morgan fingerprint density at radius 3 is 2.50 bits per heavy atom. The number of rotatable bonds is 9. The minimum Gasteiger partial charge on any atom is -0.421 e. The summed E-state index contributed by atoms with van der Waals surface area (Å²) in [5.41, 5.74) is 4.16. The predicted molar refractivity (Wildman–Crippen MR) is 130 cm³/mol. The highest BCUT2D eigenvalue weighted by molar-refractivity contribution is 6.04. The SMILES string of the molecule is Cc1ccc(C(=O)Nc2cccc(CNC(=O)CCCc3nnc(-c4ccccc4)o3)c2)cc1. The van der Waals surface area contributed by atoms with E-state index in [1.54, 1.807) is 12.1 Å². The van der Waals surface area contributed by atoms with Crippen LogP contribution >= 0.6 is 0 Å². The number of carbonyl (C=O) groups excluding carboxylic acids is 2. The Balaban J connectivity index is 1.21. The number of benzene rings is 3. The third-order valence-corrected chi connectivity index (χ3v) is 5.27. The Kier molecular flexibility index (Phi) is 7.45. The van der Waals surface area contributed by atoms with Gasteiger partial charge in [0.15, 0.2) is 0 Å². The Morgan fingerprint density at radius 2 is 1.71 bits per heavy atom. The molecule has 0 saturated carbocycles. The molecule has 7 heteroatoms. The molecule has 0 radical (unpaired) electrons. The summed E-state index contributed by atoms with van der Waals surface area (Å²) >= 11 is 0. The highest BCUT2D eigenvalue weighted by atomic mass is 16.4. The quantitative estimate of drug-likeness (QED) is 0.373. The van der Waals surface area contributed by atoms with Crippen molar-refractivity contribution in [3.63, 3.8) is 0 Å². The molecule has 3 aromatic carbocycles. The van der Waals surface area contributed by atoms with Crippen LogP contribution in [0.1, 0.15) is 40.2 Å². The lowest BCUT2D eigenvalue weighted by Gasteiger charge is -2.09. The summed E-state index contributed by atoms with van der Waals surface area (Å²) < 4.78 is 5.67. The second kappa shape index (κ2) is 11.0. The number of aromatic nitrogens is 2. The first-order valence-electron chi connectivity index (χ1n) is 11.2. The van der Waals surface area contributed by atoms with E-state index >= 15 is 0 Å². The van der Waals surface area contributed by atoms with Crippen LogP contribution in [0, 0.1) is 6.92 Å². The molecule has 0 spiro atoms. The highest BCUT2D eigenvalue weighted by Gasteiger charge is 2.10. The monoisotopic (exact) mass is 454 g/mol. The molecule has 0 aliphatic carbocycles. The standard InChI is InChI=1S/C27H26N4O3/c1-19-13-15-21(16-14-19)26(33)29-23-10-5-7-20(17-23)18-28-24(32)11-6-12-25-30-31-27(34-25)22-8-3-2-4-9-22/h2-5,7-10,13-17H,6,11-12,18H2,1H3,(H,28,32)(H,29,33). The molecular formula is C27H26N4O3. The normalized spacial score (nSPS) is 10.6. The molecular weight excluding hydrogens is 428 g/mol. The molecule has 0 atom stereocenters. The van der Waals surface area contributed by atoms with Crippen molar-refractivity contribution in [2.24, 2.45) is 0 Å². The molecule has 1 heterocycles. The number of nitrogens with one attached hydrogen (secondary N) is 2. The Labute approximate surface area is 198 Å². The van der Waals surface area contributed by atoms with E-state index in [0.29, 0.717) is 48.8 Å². The fourth-order valence-corrected chi connectivity index (χ4v) is 3.41. The van der Waals surface area contributed by atoms with Crippen molar-refractivity contribution in [3.05, 3.63) is 101 Å². The minimum absolute atomic E-state index is 0.0584. The number of amides is 2. The topological polar surface area (TPSA) is 97.1 Å². The molecule has 2 N–H and O–H groups in total. The van der Waals surface area contributed by atoms with Crippen LogP contribution in [0.3, 0.4) is 0 Å². The molecule has 0 aliphatic heterocycles. The molecule has 2 amide bonds. The molecule has 0 unspecified atom stereocenters. The van der Waals surface area contributed by atoms with Gasteiger partial charge in [-0.1, -0.05) is 48.0 Å². The van der Waals surface area contributed by atoms with Gasteiger partial charge in [-0.05, 0) is 55.3 Å². The van der Waals surface area contributed by atoms with Crippen molar-refractivity contribution in [2.75, 3.05) is 5.32 Å². The Morgan fingerprint density at radius 1 is 0.912 bits per heavy atom. The number of carbonyl (C=O) groups is 2. The molecule has 0 bridgehead atoms. The fourth-order valence-electron chi connectivity index (χ4n) is 3.41. The minimum atomic E-state index is -0.169. The van der Waals surface area contributed by atoms with Gasteiger partial charge in [0, 0.05) is 36.2 Å². The van der Waals surface area contributed by atoms with E-state index < -0.39 is 0 Å². The summed E-state index contributed by atoms with van der Waals surface area (Å²) in [6.45, 7) is 2.36. The average molecular weight is 455 g/mol. The Bertz CT molecular complexity index is 1250. The van der Waals surface area contributed by atoms with Gasteiger partial charge in [0.1, 0.15) is 0 Å². The van der Waals surface area contributed by atoms with E-state index in [0.717, 1.165) is 16.7 Å². The first kappa shape index (κ1) is 22.9. The summed E-state index contributed by atoms with van der Waals surface area (Å²) in [6, 6.07) is 24.4. The van der Waals surface area contributed by atoms with E-state index in [9.17, 15) is 9.59 Å². The van der Waals surface area contributed by atoms with Gasteiger partial charge in [0.05, 0.1) is 0 Å². The maximum atomic E-state index is 12.4. The van der Waals surface area contributed by atoms with Gasteiger partial charge in [0.25, 0.3) is 5.91 Å². The van der Waals surface area contributed by atoms with Gasteiger partial charge in [0.2, 0.25) is 17.7 Å². The maximum absolute atomic E-state index is 12.4. The molecule has 0 saturated heterocycles. The fraction of sp³-hybridized carbons (Fsp3) is 0.185. The van der Waals surface area contributed by atoms with Crippen molar-refractivity contribution in [1.29, 1.82) is 0 Å². The first-order valence-corrected chi connectivity index (χ1v) is 11.2.